The normalized spacial score (nSPS) is 13.1. The molecule has 26 heavy (non-hydrogen) atoms. The summed E-state index contributed by atoms with van der Waals surface area (Å²) >= 11 is 3.32. The molecule has 2 aromatic carbocycles. The van der Waals surface area contributed by atoms with Crippen molar-refractivity contribution in [3.8, 4) is 0 Å². The SMILES string of the molecule is CC(C)(CC(=O)C(=O)Nc1cc2c(cc1Br)C(=O)OC2)c1ccccc1. The number of benzene rings is 2. The Bertz CT molecular complexity index is 890. The predicted molar refractivity (Wildman–Crippen MR) is 101 cm³/mol. The van der Waals surface area contributed by atoms with Crippen molar-refractivity contribution in [2.24, 2.45) is 0 Å². The van der Waals surface area contributed by atoms with E-state index in [2.05, 4.69) is 21.2 Å². The molecule has 0 radical (unpaired) electrons. The van der Waals surface area contributed by atoms with Gasteiger partial charge in [0.25, 0.3) is 5.91 Å². The highest BCUT2D eigenvalue weighted by molar-refractivity contribution is 9.10. The molecule has 1 aliphatic heterocycles. The molecule has 1 heterocycles. The van der Waals surface area contributed by atoms with Gasteiger partial charge >= 0.3 is 5.97 Å². The maximum absolute atomic E-state index is 12.4. The van der Waals surface area contributed by atoms with E-state index in [-0.39, 0.29) is 19.0 Å². The number of fused-ring (bicyclic) bond motifs is 1. The lowest BCUT2D eigenvalue weighted by Gasteiger charge is -2.24. The molecule has 3 rings (SSSR count). The molecule has 6 heteroatoms. The number of carbonyl (C=O) groups excluding carboxylic acids is 3. The lowest BCUT2D eigenvalue weighted by Crippen LogP contribution is -2.30. The lowest BCUT2D eigenvalue weighted by atomic mass is 9.80. The van der Waals surface area contributed by atoms with Crippen molar-refractivity contribution in [2.75, 3.05) is 5.32 Å². The fraction of sp³-hybridized carbons (Fsp3) is 0.250. The highest BCUT2D eigenvalue weighted by Gasteiger charge is 2.29. The van der Waals surface area contributed by atoms with Gasteiger partial charge in [-0.1, -0.05) is 44.2 Å². The van der Waals surface area contributed by atoms with Gasteiger partial charge in [0.1, 0.15) is 6.61 Å². The fourth-order valence-electron chi connectivity index (χ4n) is 2.91. The monoisotopic (exact) mass is 415 g/mol. The van der Waals surface area contributed by atoms with Crippen LogP contribution in [0.15, 0.2) is 46.9 Å². The van der Waals surface area contributed by atoms with Crippen LogP contribution in [0.5, 0.6) is 0 Å². The van der Waals surface area contributed by atoms with Crippen molar-refractivity contribution < 1.29 is 19.1 Å². The molecular weight excluding hydrogens is 398 g/mol. The van der Waals surface area contributed by atoms with Gasteiger partial charge in [0.05, 0.1) is 11.3 Å². The molecule has 0 aliphatic carbocycles. The number of rotatable bonds is 5. The van der Waals surface area contributed by atoms with Crippen LogP contribution in [0.4, 0.5) is 5.69 Å². The second kappa shape index (κ2) is 7.03. The van der Waals surface area contributed by atoms with Crippen molar-refractivity contribution in [1.29, 1.82) is 0 Å². The van der Waals surface area contributed by atoms with Crippen LogP contribution in [0.3, 0.4) is 0 Å². The minimum Gasteiger partial charge on any atom is -0.457 e. The number of hydrogen-bond acceptors (Lipinski definition) is 4. The number of ether oxygens (including phenoxy) is 1. The smallest absolute Gasteiger partial charge is 0.338 e. The van der Waals surface area contributed by atoms with Crippen molar-refractivity contribution in [3.63, 3.8) is 0 Å². The molecule has 5 nitrogen and oxygen atoms in total. The Morgan fingerprint density at radius 3 is 2.58 bits per heavy atom. The first-order chi connectivity index (χ1) is 12.3. The number of esters is 1. The first-order valence-corrected chi connectivity index (χ1v) is 8.96. The topological polar surface area (TPSA) is 72.5 Å². The molecule has 0 saturated heterocycles. The highest BCUT2D eigenvalue weighted by Crippen LogP contribution is 2.31. The molecule has 1 N–H and O–H groups in total. The number of ketones is 1. The third-order valence-corrected chi connectivity index (χ3v) is 5.09. The average Bonchev–Trinajstić information content (AvgIpc) is 2.96. The maximum Gasteiger partial charge on any atom is 0.338 e. The Morgan fingerprint density at radius 1 is 1.19 bits per heavy atom. The van der Waals surface area contributed by atoms with Crippen LogP contribution < -0.4 is 5.32 Å². The van der Waals surface area contributed by atoms with Gasteiger partial charge in [0, 0.05) is 16.5 Å². The molecule has 0 saturated carbocycles. The van der Waals surface area contributed by atoms with Gasteiger partial charge in [-0.2, -0.15) is 0 Å². The highest BCUT2D eigenvalue weighted by atomic mass is 79.9. The number of carbonyl (C=O) groups is 3. The summed E-state index contributed by atoms with van der Waals surface area (Å²) in [6.07, 6.45) is 0.0903. The quantitative estimate of drug-likeness (QED) is 0.591. The first-order valence-electron chi connectivity index (χ1n) is 8.17. The number of cyclic esters (lactones) is 1. The van der Waals surface area contributed by atoms with E-state index in [1.54, 1.807) is 12.1 Å². The van der Waals surface area contributed by atoms with Crippen molar-refractivity contribution in [2.45, 2.75) is 32.3 Å². The van der Waals surface area contributed by atoms with Gasteiger partial charge in [0.2, 0.25) is 5.78 Å². The minimum absolute atomic E-state index is 0.0903. The molecule has 0 atom stereocenters. The number of halogens is 1. The minimum atomic E-state index is -0.681. The van der Waals surface area contributed by atoms with E-state index in [9.17, 15) is 14.4 Å². The Labute approximate surface area is 159 Å². The van der Waals surface area contributed by atoms with Crippen molar-refractivity contribution >= 4 is 39.3 Å². The van der Waals surface area contributed by atoms with E-state index in [1.807, 2.05) is 44.2 Å². The number of amides is 1. The summed E-state index contributed by atoms with van der Waals surface area (Å²) in [6, 6.07) is 12.9. The van der Waals surface area contributed by atoms with Crippen LogP contribution in [-0.4, -0.2) is 17.7 Å². The summed E-state index contributed by atoms with van der Waals surface area (Å²) in [4.78, 5) is 36.4. The Morgan fingerprint density at radius 2 is 1.88 bits per heavy atom. The number of nitrogens with one attached hydrogen (secondary N) is 1. The zero-order valence-electron chi connectivity index (χ0n) is 14.5. The lowest BCUT2D eigenvalue weighted by molar-refractivity contribution is -0.135. The van der Waals surface area contributed by atoms with E-state index in [0.29, 0.717) is 21.3 Å². The average molecular weight is 416 g/mol. The van der Waals surface area contributed by atoms with Crippen LogP contribution in [0, 0.1) is 0 Å². The zero-order valence-corrected chi connectivity index (χ0v) is 16.1. The van der Waals surface area contributed by atoms with Crippen LogP contribution in [0.2, 0.25) is 0 Å². The van der Waals surface area contributed by atoms with E-state index in [1.165, 1.54) is 0 Å². The maximum atomic E-state index is 12.4. The molecular formula is C20H18BrNO4. The Balaban J connectivity index is 1.72. The zero-order chi connectivity index (χ0) is 18.9. The third kappa shape index (κ3) is 3.70. The molecule has 0 unspecified atom stereocenters. The molecule has 0 spiro atoms. The van der Waals surface area contributed by atoms with Gasteiger partial charge in [-0.15, -0.1) is 0 Å². The summed E-state index contributed by atoms with van der Waals surface area (Å²) in [5.74, 6) is -1.57. The first kappa shape index (κ1) is 18.3. The molecule has 2 aromatic rings. The van der Waals surface area contributed by atoms with Crippen molar-refractivity contribution in [3.05, 3.63) is 63.6 Å². The number of hydrogen-bond donors (Lipinski definition) is 1. The largest absolute Gasteiger partial charge is 0.457 e. The summed E-state index contributed by atoms with van der Waals surface area (Å²) in [5.41, 5.74) is 2.14. The molecule has 0 fully saturated rings. The summed E-state index contributed by atoms with van der Waals surface area (Å²) in [7, 11) is 0. The Kier molecular flexibility index (Phi) is 4.96. The second-order valence-electron chi connectivity index (χ2n) is 6.87. The third-order valence-electron chi connectivity index (χ3n) is 4.43. The van der Waals surface area contributed by atoms with E-state index in [0.717, 1.165) is 5.56 Å². The van der Waals surface area contributed by atoms with Gasteiger partial charge in [0.15, 0.2) is 0 Å². The Hall–Kier alpha value is -2.47. The summed E-state index contributed by atoms with van der Waals surface area (Å²) in [6.45, 7) is 4.03. The van der Waals surface area contributed by atoms with Crippen molar-refractivity contribution in [1.82, 2.24) is 0 Å². The fourth-order valence-corrected chi connectivity index (χ4v) is 3.35. The molecule has 1 aliphatic rings. The molecule has 1 amide bonds. The molecule has 134 valence electrons. The van der Waals surface area contributed by atoms with Gasteiger partial charge in [-0.3, -0.25) is 9.59 Å². The summed E-state index contributed by atoms with van der Waals surface area (Å²) < 4.78 is 5.49. The summed E-state index contributed by atoms with van der Waals surface area (Å²) in [5, 5.41) is 2.63. The van der Waals surface area contributed by atoms with Crippen LogP contribution in [0.25, 0.3) is 0 Å². The van der Waals surface area contributed by atoms with Crippen LogP contribution >= 0.6 is 15.9 Å². The van der Waals surface area contributed by atoms with Gasteiger partial charge in [-0.25, -0.2) is 4.79 Å². The predicted octanol–water partition coefficient (Wildman–Crippen LogP) is 4.00. The number of anilines is 1. The van der Waals surface area contributed by atoms with E-state index in [4.69, 9.17) is 4.74 Å². The van der Waals surface area contributed by atoms with E-state index >= 15 is 0 Å². The molecule has 0 bridgehead atoms. The number of Topliss-reactive ketones (excluding diaryl/α,β-unsaturated/α-hetero) is 1. The van der Waals surface area contributed by atoms with E-state index < -0.39 is 17.1 Å². The van der Waals surface area contributed by atoms with Crippen LogP contribution in [-0.2, 0) is 26.3 Å². The van der Waals surface area contributed by atoms with Gasteiger partial charge in [-0.05, 0) is 39.0 Å². The standard InChI is InChI=1S/C20H18BrNO4/c1-20(2,13-6-4-3-5-7-13)10-17(23)18(24)22-16-8-12-11-26-19(25)14(12)9-15(16)21/h3-9H,10-11H2,1-2H3,(H,22,24). The van der Waals surface area contributed by atoms with Crippen LogP contribution in [0.1, 0.15) is 41.8 Å². The second-order valence-corrected chi connectivity index (χ2v) is 7.72. The molecule has 0 aromatic heterocycles. The van der Waals surface area contributed by atoms with Gasteiger partial charge < -0.3 is 10.1 Å².